The maximum atomic E-state index is 5.41. The van der Waals surface area contributed by atoms with Crippen molar-refractivity contribution in [3.63, 3.8) is 0 Å². The van der Waals surface area contributed by atoms with E-state index >= 15 is 0 Å². The first-order chi connectivity index (χ1) is 9.24. The summed E-state index contributed by atoms with van der Waals surface area (Å²) >= 11 is 0. The van der Waals surface area contributed by atoms with Gasteiger partial charge in [0.1, 0.15) is 11.2 Å². The van der Waals surface area contributed by atoms with E-state index in [2.05, 4.69) is 37.9 Å². The van der Waals surface area contributed by atoms with Crippen LogP contribution in [0.3, 0.4) is 0 Å². The van der Waals surface area contributed by atoms with E-state index in [-0.39, 0.29) is 0 Å². The van der Waals surface area contributed by atoms with E-state index in [9.17, 15) is 0 Å². The molecule has 106 valence electrons. The van der Waals surface area contributed by atoms with Crippen molar-refractivity contribution in [2.24, 2.45) is 0 Å². The Morgan fingerprint density at radius 1 is 1.32 bits per heavy atom. The maximum Gasteiger partial charge on any atom is 0.130 e. The van der Waals surface area contributed by atoms with Gasteiger partial charge in [0.2, 0.25) is 0 Å². The van der Waals surface area contributed by atoms with Crippen LogP contribution in [0, 0.1) is 0 Å². The first-order valence-corrected chi connectivity index (χ1v) is 7.75. The number of unbranched alkanes of at least 4 members (excludes halogenated alkanes) is 1. The second-order valence-electron chi connectivity index (χ2n) is 5.66. The Bertz CT molecular complexity index is 462. The molecule has 1 aliphatic heterocycles. The summed E-state index contributed by atoms with van der Waals surface area (Å²) in [5.74, 6) is 0. The highest BCUT2D eigenvalue weighted by molar-refractivity contribution is 5.65. The third-order valence-electron chi connectivity index (χ3n) is 4.20. The topological polar surface area (TPSA) is 16.4 Å². The highest BCUT2D eigenvalue weighted by Crippen LogP contribution is 2.23. The van der Waals surface area contributed by atoms with E-state index in [4.69, 9.17) is 4.42 Å². The van der Waals surface area contributed by atoms with Gasteiger partial charge in [-0.3, -0.25) is 0 Å². The van der Waals surface area contributed by atoms with Gasteiger partial charge in [-0.2, -0.15) is 0 Å². The molecule has 3 heterocycles. The standard InChI is InChI=1S/C10H12O.C7H15N/c1-2-3-4-8-7-9-5-6-10(8)11-9;1-3-7-5-4-6-8(7)2/h5-7H,2-4H2,1H3;7H,3-6H2,1-2H3. The largest absolute Gasteiger partial charge is 0.457 e. The highest BCUT2D eigenvalue weighted by Gasteiger charge is 2.17. The molecule has 1 saturated heterocycles. The van der Waals surface area contributed by atoms with Crippen LogP contribution in [0.5, 0.6) is 0 Å². The summed E-state index contributed by atoms with van der Waals surface area (Å²) in [5.41, 5.74) is 3.48. The Hall–Kier alpha value is -1.02. The van der Waals surface area contributed by atoms with Crippen LogP contribution in [-0.2, 0) is 6.42 Å². The van der Waals surface area contributed by atoms with E-state index in [0.29, 0.717) is 0 Å². The van der Waals surface area contributed by atoms with E-state index < -0.39 is 0 Å². The van der Waals surface area contributed by atoms with Crippen molar-refractivity contribution in [2.45, 2.75) is 58.4 Å². The van der Waals surface area contributed by atoms with Crippen LogP contribution < -0.4 is 0 Å². The molecule has 19 heavy (non-hydrogen) atoms. The van der Waals surface area contributed by atoms with Gasteiger partial charge >= 0.3 is 0 Å². The summed E-state index contributed by atoms with van der Waals surface area (Å²) < 4.78 is 5.41. The minimum atomic E-state index is 0.898. The molecule has 1 aliphatic rings. The molecule has 1 atom stereocenters. The molecular weight excluding hydrogens is 234 g/mol. The third-order valence-corrected chi connectivity index (χ3v) is 4.20. The number of benzene rings is 1. The average molecular weight is 261 g/mol. The van der Waals surface area contributed by atoms with E-state index in [1.807, 2.05) is 6.07 Å². The SMILES string of the molecule is CCC1CCCN1C.CCCCc1cc2ccc1o2. The summed E-state index contributed by atoms with van der Waals surface area (Å²) in [6.07, 6.45) is 7.85. The van der Waals surface area contributed by atoms with Gasteiger partial charge in [-0.25, -0.2) is 0 Å². The van der Waals surface area contributed by atoms with E-state index in [0.717, 1.165) is 17.2 Å². The molecule has 0 radical (unpaired) electrons. The molecule has 0 N–H and O–H groups in total. The van der Waals surface area contributed by atoms with Gasteiger partial charge < -0.3 is 9.32 Å². The normalized spacial score (nSPS) is 19.8. The van der Waals surface area contributed by atoms with Gasteiger partial charge in [0, 0.05) is 6.04 Å². The molecular formula is C17H27NO. The van der Waals surface area contributed by atoms with Crippen LogP contribution in [-0.4, -0.2) is 24.5 Å². The zero-order valence-electron chi connectivity index (χ0n) is 12.6. The van der Waals surface area contributed by atoms with Crippen LogP contribution in [0.2, 0.25) is 0 Å². The van der Waals surface area contributed by atoms with Gasteiger partial charge in [-0.05, 0) is 69.5 Å². The fourth-order valence-corrected chi connectivity index (χ4v) is 2.90. The molecule has 2 aromatic rings. The summed E-state index contributed by atoms with van der Waals surface area (Å²) in [4.78, 5) is 2.46. The molecule has 0 aromatic carbocycles. The molecule has 1 unspecified atom stereocenters. The lowest BCUT2D eigenvalue weighted by atomic mass is 10.1. The maximum absolute atomic E-state index is 5.41. The lowest BCUT2D eigenvalue weighted by Gasteiger charge is -2.16. The molecule has 1 fully saturated rings. The number of furan rings is 2. The Labute approximate surface area is 117 Å². The second-order valence-corrected chi connectivity index (χ2v) is 5.66. The van der Waals surface area contributed by atoms with E-state index in [1.165, 1.54) is 50.6 Å². The number of likely N-dealkylation sites (tertiary alicyclic amines) is 1. The molecule has 0 spiro atoms. The quantitative estimate of drug-likeness (QED) is 0.793. The van der Waals surface area contributed by atoms with Crippen LogP contribution in [0.1, 0.15) is 51.5 Å². The first kappa shape index (κ1) is 14.4. The fraction of sp³-hybridized carbons (Fsp3) is 0.647. The van der Waals surface area contributed by atoms with Gasteiger partial charge in [0.25, 0.3) is 0 Å². The molecule has 2 aromatic heterocycles. The first-order valence-electron chi connectivity index (χ1n) is 7.75. The molecule has 0 amide bonds. The van der Waals surface area contributed by atoms with Crippen LogP contribution in [0.15, 0.2) is 22.6 Å². The van der Waals surface area contributed by atoms with Gasteiger partial charge in [0.05, 0.1) is 0 Å². The van der Waals surface area contributed by atoms with Crippen molar-refractivity contribution >= 4 is 11.2 Å². The smallest absolute Gasteiger partial charge is 0.130 e. The Morgan fingerprint density at radius 2 is 2.16 bits per heavy atom. The predicted octanol–water partition coefficient (Wildman–Crippen LogP) is 4.70. The monoisotopic (exact) mass is 261 g/mol. The summed E-state index contributed by atoms with van der Waals surface area (Å²) in [7, 11) is 2.22. The summed E-state index contributed by atoms with van der Waals surface area (Å²) in [5, 5.41) is 0. The molecule has 2 nitrogen and oxygen atoms in total. The average Bonchev–Trinajstić information content (AvgIpc) is 3.13. The minimum Gasteiger partial charge on any atom is -0.457 e. The highest BCUT2D eigenvalue weighted by atomic mass is 16.3. The molecule has 3 rings (SSSR count). The van der Waals surface area contributed by atoms with Gasteiger partial charge in [0.15, 0.2) is 0 Å². The van der Waals surface area contributed by atoms with Crippen molar-refractivity contribution in [3.05, 3.63) is 23.8 Å². The Kier molecular flexibility index (Phi) is 5.26. The van der Waals surface area contributed by atoms with Crippen LogP contribution in [0.4, 0.5) is 0 Å². The molecule has 2 bridgehead atoms. The van der Waals surface area contributed by atoms with Gasteiger partial charge in [-0.1, -0.05) is 20.3 Å². The number of hydrogen-bond donors (Lipinski definition) is 0. The second kappa shape index (κ2) is 6.95. The minimum absolute atomic E-state index is 0.898. The Morgan fingerprint density at radius 3 is 2.58 bits per heavy atom. The number of aryl methyl sites for hydroxylation is 1. The van der Waals surface area contributed by atoms with Crippen LogP contribution in [0.25, 0.3) is 11.2 Å². The zero-order valence-corrected chi connectivity index (χ0v) is 12.6. The number of hydrogen-bond acceptors (Lipinski definition) is 2. The predicted molar refractivity (Wildman–Crippen MR) is 82.0 cm³/mol. The number of fused-ring (bicyclic) bond motifs is 2. The van der Waals surface area contributed by atoms with Crippen molar-refractivity contribution in [1.29, 1.82) is 0 Å². The summed E-state index contributed by atoms with van der Waals surface area (Å²) in [6.45, 7) is 5.80. The number of nitrogens with zero attached hydrogens (tertiary/aromatic N) is 1. The molecule has 2 heteroatoms. The lowest BCUT2D eigenvalue weighted by molar-refractivity contribution is 0.304. The summed E-state index contributed by atoms with van der Waals surface area (Å²) in [6, 6.07) is 7.12. The Balaban J connectivity index is 0.000000148. The molecule has 0 aliphatic carbocycles. The van der Waals surface area contributed by atoms with Gasteiger partial charge in [-0.15, -0.1) is 0 Å². The zero-order chi connectivity index (χ0) is 13.7. The van der Waals surface area contributed by atoms with E-state index in [1.54, 1.807) is 0 Å². The van der Waals surface area contributed by atoms with Crippen molar-refractivity contribution in [3.8, 4) is 0 Å². The number of rotatable bonds is 4. The fourth-order valence-electron chi connectivity index (χ4n) is 2.90. The van der Waals surface area contributed by atoms with Crippen molar-refractivity contribution in [1.82, 2.24) is 4.90 Å². The van der Waals surface area contributed by atoms with Crippen molar-refractivity contribution < 1.29 is 4.42 Å². The lowest BCUT2D eigenvalue weighted by Crippen LogP contribution is -2.23. The molecule has 0 saturated carbocycles. The van der Waals surface area contributed by atoms with Crippen molar-refractivity contribution in [2.75, 3.05) is 13.6 Å². The van der Waals surface area contributed by atoms with Crippen LogP contribution >= 0.6 is 0 Å². The third kappa shape index (κ3) is 3.73.